The van der Waals surface area contributed by atoms with Gasteiger partial charge in [0.2, 0.25) is 11.8 Å². The van der Waals surface area contributed by atoms with Crippen molar-refractivity contribution in [2.24, 2.45) is 5.92 Å². The van der Waals surface area contributed by atoms with Gasteiger partial charge < -0.3 is 15.0 Å². The van der Waals surface area contributed by atoms with E-state index in [-0.39, 0.29) is 18.4 Å². The summed E-state index contributed by atoms with van der Waals surface area (Å²) in [6.45, 7) is 9.80. The van der Waals surface area contributed by atoms with E-state index in [4.69, 9.17) is 4.74 Å². The van der Waals surface area contributed by atoms with Gasteiger partial charge in [-0.1, -0.05) is 20.8 Å². The predicted octanol–water partition coefficient (Wildman–Crippen LogP) is 1.18. The van der Waals surface area contributed by atoms with E-state index in [1.165, 1.54) is 0 Å². The Morgan fingerprint density at radius 1 is 1.37 bits per heavy atom. The molecule has 5 heteroatoms. The quantitative estimate of drug-likeness (QED) is 0.707. The average Bonchev–Trinajstić information content (AvgIpc) is 2.34. The van der Waals surface area contributed by atoms with Gasteiger partial charge in [0.25, 0.3) is 0 Å². The highest BCUT2D eigenvalue weighted by atomic mass is 16.5. The lowest BCUT2D eigenvalue weighted by Crippen LogP contribution is -2.65. The summed E-state index contributed by atoms with van der Waals surface area (Å²) in [5.74, 6) is 0.513. The van der Waals surface area contributed by atoms with Gasteiger partial charge in [0.05, 0.1) is 13.2 Å². The summed E-state index contributed by atoms with van der Waals surface area (Å²) in [4.78, 5) is 25.5. The Morgan fingerprint density at radius 2 is 2.05 bits per heavy atom. The number of carbonyl (C=O) groups excluding carboxylic acids is 2. The first-order valence-corrected chi connectivity index (χ1v) is 7.07. The van der Waals surface area contributed by atoms with Crippen LogP contribution in [0, 0.1) is 5.92 Å². The van der Waals surface area contributed by atoms with Gasteiger partial charge in [-0.2, -0.15) is 0 Å². The second kappa shape index (κ2) is 6.89. The number of rotatable bonds is 7. The van der Waals surface area contributed by atoms with E-state index in [0.29, 0.717) is 32.1 Å². The molecule has 0 aliphatic carbocycles. The third-order valence-corrected chi connectivity index (χ3v) is 3.56. The van der Waals surface area contributed by atoms with Gasteiger partial charge in [0.15, 0.2) is 0 Å². The number of hydrogen-bond donors (Lipinski definition) is 1. The monoisotopic (exact) mass is 270 g/mol. The third-order valence-electron chi connectivity index (χ3n) is 3.56. The Kier molecular flexibility index (Phi) is 5.79. The Morgan fingerprint density at radius 3 is 2.63 bits per heavy atom. The van der Waals surface area contributed by atoms with Gasteiger partial charge in [0.1, 0.15) is 5.54 Å². The molecule has 1 unspecified atom stereocenters. The summed E-state index contributed by atoms with van der Waals surface area (Å²) < 4.78 is 5.51. The maximum absolute atomic E-state index is 12.3. The molecule has 0 spiro atoms. The van der Waals surface area contributed by atoms with E-state index in [9.17, 15) is 9.59 Å². The van der Waals surface area contributed by atoms with Crippen LogP contribution in [0.25, 0.3) is 0 Å². The molecule has 1 saturated heterocycles. The second-order valence-electron chi connectivity index (χ2n) is 5.76. The molecular formula is C14H26N2O3. The van der Waals surface area contributed by atoms with Crippen LogP contribution < -0.4 is 5.32 Å². The van der Waals surface area contributed by atoms with E-state index in [1.807, 2.05) is 6.92 Å². The molecule has 0 aromatic carbocycles. The first-order chi connectivity index (χ1) is 8.89. The van der Waals surface area contributed by atoms with Gasteiger partial charge in [0, 0.05) is 13.2 Å². The number of nitrogens with zero attached hydrogens (tertiary/aromatic N) is 1. The fourth-order valence-corrected chi connectivity index (χ4v) is 2.01. The molecule has 0 aromatic rings. The van der Waals surface area contributed by atoms with Crippen LogP contribution in [0.3, 0.4) is 0 Å². The van der Waals surface area contributed by atoms with Gasteiger partial charge >= 0.3 is 0 Å². The molecule has 0 aromatic heterocycles. The number of amides is 2. The molecule has 19 heavy (non-hydrogen) atoms. The zero-order chi connectivity index (χ0) is 14.5. The summed E-state index contributed by atoms with van der Waals surface area (Å²) in [6.07, 6.45) is 1.61. The molecule has 1 aliphatic rings. The molecule has 2 amide bonds. The SMILES string of the molecule is CCC1(C)NC(=O)CN(CCOCCC(C)C)C1=O. The molecule has 0 bridgehead atoms. The summed E-state index contributed by atoms with van der Waals surface area (Å²) in [7, 11) is 0. The van der Waals surface area contributed by atoms with Crippen LogP contribution in [0.2, 0.25) is 0 Å². The van der Waals surface area contributed by atoms with Crippen molar-refractivity contribution in [3.63, 3.8) is 0 Å². The minimum atomic E-state index is -0.757. The number of ether oxygens (including phenoxy) is 1. The number of piperazine rings is 1. The van der Waals surface area contributed by atoms with Crippen molar-refractivity contribution in [1.82, 2.24) is 10.2 Å². The smallest absolute Gasteiger partial charge is 0.248 e. The summed E-state index contributed by atoms with van der Waals surface area (Å²) in [6, 6.07) is 0. The maximum atomic E-state index is 12.3. The third kappa shape index (κ3) is 4.49. The van der Waals surface area contributed by atoms with Crippen molar-refractivity contribution < 1.29 is 14.3 Å². The summed E-state index contributed by atoms with van der Waals surface area (Å²) in [5, 5.41) is 2.77. The number of carbonyl (C=O) groups is 2. The lowest BCUT2D eigenvalue weighted by Gasteiger charge is -2.39. The van der Waals surface area contributed by atoms with Crippen molar-refractivity contribution in [3.05, 3.63) is 0 Å². The Labute approximate surface area is 115 Å². The number of hydrogen-bond acceptors (Lipinski definition) is 3. The normalized spacial score (nSPS) is 23.9. The van der Waals surface area contributed by atoms with Crippen LogP contribution in [-0.4, -0.2) is 48.6 Å². The highest BCUT2D eigenvalue weighted by Gasteiger charge is 2.41. The topological polar surface area (TPSA) is 58.6 Å². The largest absolute Gasteiger partial charge is 0.380 e. The molecule has 1 rings (SSSR count). The fraction of sp³-hybridized carbons (Fsp3) is 0.857. The van der Waals surface area contributed by atoms with Gasteiger partial charge in [-0.05, 0) is 25.7 Å². The van der Waals surface area contributed by atoms with E-state index >= 15 is 0 Å². The van der Waals surface area contributed by atoms with Gasteiger partial charge in [-0.15, -0.1) is 0 Å². The molecule has 1 aliphatic heterocycles. The second-order valence-corrected chi connectivity index (χ2v) is 5.76. The van der Waals surface area contributed by atoms with Crippen molar-refractivity contribution in [2.75, 3.05) is 26.3 Å². The van der Waals surface area contributed by atoms with Crippen LogP contribution >= 0.6 is 0 Å². The van der Waals surface area contributed by atoms with Crippen LogP contribution in [-0.2, 0) is 14.3 Å². The zero-order valence-electron chi connectivity index (χ0n) is 12.5. The minimum absolute atomic E-state index is 0.0120. The van der Waals surface area contributed by atoms with E-state index < -0.39 is 5.54 Å². The Balaban J connectivity index is 2.40. The molecule has 0 radical (unpaired) electrons. The molecule has 5 nitrogen and oxygen atoms in total. The zero-order valence-corrected chi connectivity index (χ0v) is 12.5. The standard InChI is InChI=1S/C14H26N2O3/c1-5-14(4)13(18)16(10-12(17)15-14)7-9-19-8-6-11(2)3/h11H,5-10H2,1-4H3,(H,15,17). The highest BCUT2D eigenvalue weighted by Crippen LogP contribution is 2.17. The Bertz CT molecular complexity index is 331. The molecule has 1 fully saturated rings. The van der Waals surface area contributed by atoms with E-state index in [2.05, 4.69) is 19.2 Å². The lowest BCUT2D eigenvalue weighted by atomic mass is 9.94. The highest BCUT2D eigenvalue weighted by molar-refractivity contribution is 5.97. The molecule has 1 N–H and O–H groups in total. The lowest BCUT2D eigenvalue weighted by molar-refractivity contribution is -0.150. The van der Waals surface area contributed by atoms with Crippen LogP contribution in [0.4, 0.5) is 0 Å². The molecule has 1 atom stereocenters. The molecule has 0 saturated carbocycles. The fourth-order valence-electron chi connectivity index (χ4n) is 2.01. The van der Waals surface area contributed by atoms with Crippen LogP contribution in [0.5, 0.6) is 0 Å². The van der Waals surface area contributed by atoms with Crippen molar-refractivity contribution in [2.45, 2.75) is 46.1 Å². The van der Waals surface area contributed by atoms with Gasteiger partial charge in [-0.3, -0.25) is 9.59 Å². The van der Waals surface area contributed by atoms with E-state index in [1.54, 1.807) is 11.8 Å². The number of nitrogens with one attached hydrogen (secondary N) is 1. The van der Waals surface area contributed by atoms with Crippen molar-refractivity contribution in [1.29, 1.82) is 0 Å². The first kappa shape index (κ1) is 16.0. The Hall–Kier alpha value is -1.10. The predicted molar refractivity (Wildman–Crippen MR) is 73.7 cm³/mol. The van der Waals surface area contributed by atoms with E-state index in [0.717, 1.165) is 6.42 Å². The minimum Gasteiger partial charge on any atom is -0.380 e. The van der Waals surface area contributed by atoms with Gasteiger partial charge in [-0.25, -0.2) is 0 Å². The maximum Gasteiger partial charge on any atom is 0.248 e. The van der Waals surface area contributed by atoms with Crippen molar-refractivity contribution in [3.8, 4) is 0 Å². The summed E-state index contributed by atoms with van der Waals surface area (Å²) >= 11 is 0. The summed E-state index contributed by atoms with van der Waals surface area (Å²) in [5.41, 5.74) is -0.757. The van der Waals surface area contributed by atoms with Crippen LogP contribution in [0.15, 0.2) is 0 Å². The molecule has 110 valence electrons. The molecular weight excluding hydrogens is 244 g/mol. The first-order valence-electron chi connectivity index (χ1n) is 7.07. The molecule has 1 heterocycles. The van der Waals surface area contributed by atoms with Crippen molar-refractivity contribution >= 4 is 11.8 Å². The average molecular weight is 270 g/mol. The van der Waals surface area contributed by atoms with Crippen LogP contribution in [0.1, 0.15) is 40.5 Å².